The van der Waals surface area contributed by atoms with Gasteiger partial charge in [0, 0.05) is 22.9 Å². The van der Waals surface area contributed by atoms with E-state index in [1.165, 1.54) is 6.07 Å². The number of rotatable bonds is 2. The smallest absolute Gasteiger partial charge is 0.351 e. The summed E-state index contributed by atoms with van der Waals surface area (Å²) in [5.41, 5.74) is 6.68. The Morgan fingerprint density at radius 3 is 2.47 bits per heavy atom. The van der Waals surface area contributed by atoms with Crippen molar-refractivity contribution in [3.05, 3.63) is 35.5 Å². The minimum Gasteiger partial charge on any atom is -0.351 e. The summed E-state index contributed by atoms with van der Waals surface area (Å²) in [6, 6.07) is 6.62. The van der Waals surface area contributed by atoms with E-state index in [0.29, 0.717) is 17.4 Å². The zero-order valence-electron chi connectivity index (χ0n) is 10.3. The largest absolute Gasteiger partial charge is 0.431 e. The summed E-state index contributed by atoms with van der Waals surface area (Å²) in [5.74, 6) is 0. The first-order chi connectivity index (χ1) is 8.94. The van der Waals surface area contributed by atoms with E-state index < -0.39 is 11.9 Å². The summed E-state index contributed by atoms with van der Waals surface area (Å²) in [7, 11) is 0. The third-order valence-electron chi connectivity index (χ3n) is 4.24. The van der Waals surface area contributed by atoms with E-state index >= 15 is 0 Å². The lowest BCUT2D eigenvalue weighted by Crippen LogP contribution is -2.41. The molecule has 1 saturated carbocycles. The highest BCUT2D eigenvalue weighted by Crippen LogP contribution is 2.43. The number of aromatic nitrogens is 1. The quantitative estimate of drug-likeness (QED) is 0.859. The zero-order chi connectivity index (χ0) is 13.7. The average molecular weight is 268 g/mol. The van der Waals surface area contributed by atoms with Crippen LogP contribution in [0.2, 0.25) is 0 Å². The molecule has 5 heteroatoms. The van der Waals surface area contributed by atoms with Gasteiger partial charge in [0.15, 0.2) is 0 Å². The number of benzene rings is 1. The van der Waals surface area contributed by atoms with Crippen LogP contribution in [0.15, 0.2) is 24.3 Å². The first-order valence-corrected chi connectivity index (χ1v) is 6.35. The predicted molar refractivity (Wildman–Crippen MR) is 67.9 cm³/mol. The Labute approximate surface area is 108 Å². The molecule has 19 heavy (non-hydrogen) atoms. The van der Waals surface area contributed by atoms with E-state index in [1.54, 1.807) is 6.07 Å². The summed E-state index contributed by atoms with van der Waals surface area (Å²) >= 11 is 0. The van der Waals surface area contributed by atoms with Crippen LogP contribution < -0.4 is 5.73 Å². The predicted octanol–water partition coefficient (Wildman–Crippen LogP) is 3.57. The van der Waals surface area contributed by atoms with Gasteiger partial charge in [-0.1, -0.05) is 12.5 Å². The maximum atomic E-state index is 12.7. The second-order valence-electron chi connectivity index (χ2n) is 5.32. The van der Waals surface area contributed by atoms with Gasteiger partial charge in [-0.3, -0.25) is 0 Å². The number of nitrogens with two attached hydrogens (primary N) is 1. The molecule has 0 atom stereocenters. The lowest BCUT2D eigenvalue weighted by atomic mass is 9.64. The van der Waals surface area contributed by atoms with Crippen molar-refractivity contribution in [1.29, 1.82) is 0 Å². The number of aromatic amines is 1. The highest BCUT2D eigenvalue weighted by atomic mass is 19.4. The van der Waals surface area contributed by atoms with Crippen LogP contribution in [0.4, 0.5) is 13.2 Å². The Bertz CT molecular complexity index is 603. The van der Waals surface area contributed by atoms with Crippen molar-refractivity contribution < 1.29 is 13.2 Å². The number of alkyl halides is 3. The van der Waals surface area contributed by atoms with E-state index in [0.717, 1.165) is 24.8 Å². The number of fused-ring (bicyclic) bond motifs is 1. The highest BCUT2D eigenvalue weighted by molar-refractivity contribution is 5.81. The van der Waals surface area contributed by atoms with E-state index in [2.05, 4.69) is 4.98 Å². The molecule has 1 aliphatic rings. The Morgan fingerprint density at radius 2 is 1.95 bits per heavy atom. The van der Waals surface area contributed by atoms with Crippen molar-refractivity contribution in [1.82, 2.24) is 4.98 Å². The minimum atomic E-state index is -4.33. The zero-order valence-corrected chi connectivity index (χ0v) is 10.3. The van der Waals surface area contributed by atoms with Gasteiger partial charge in [0.05, 0.1) is 0 Å². The van der Waals surface area contributed by atoms with Gasteiger partial charge in [-0.25, -0.2) is 0 Å². The van der Waals surface area contributed by atoms with Crippen LogP contribution in [0.3, 0.4) is 0 Å². The molecule has 1 fully saturated rings. The molecule has 0 spiro atoms. The summed E-state index contributed by atoms with van der Waals surface area (Å²) in [4.78, 5) is 2.41. The molecule has 0 radical (unpaired) electrons. The number of nitrogens with one attached hydrogen (secondary N) is 1. The molecule has 1 aromatic heterocycles. The first kappa shape index (κ1) is 12.5. The Hall–Kier alpha value is -1.49. The van der Waals surface area contributed by atoms with Gasteiger partial charge in [-0.05, 0) is 36.6 Å². The standard InChI is InChI=1S/C14H15F3N2/c15-14(16,17)12-7-9-6-10(2-3-11(9)19-12)13(8-18)4-1-5-13/h2-3,6-7,19H,1,4-5,8,18H2. The SMILES string of the molecule is NCC1(c2ccc3[nH]c(C(F)(F)F)cc3c2)CCC1. The molecule has 3 rings (SSSR count). The van der Waals surface area contributed by atoms with Gasteiger partial charge < -0.3 is 10.7 Å². The second kappa shape index (κ2) is 4.00. The first-order valence-electron chi connectivity index (χ1n) is 6.35. The van der Waals surface area contributed by atoms with E-state index in [9.17, 15) is 13.2 Å². The van der Waals surface area contributed by atoms with E-state index in [-0.39, 0.29) is 5.41 Å². The lowest BCUT2D eigenvalue weighted by molar-refractivity contribution is -0.140. The molecule has 1 aromatic carbocycles. The highest BCUT2D eigenvalue weighted by Gasteiger charge is 2.38. The molecule has 0 amide bonds. The van der Waals surface area contributed by atoms with Crippen LogP contribution in [-0.2, 0) is 11.6 Å². The summed E-state index contributed by atoms with van der Waals surface area (Å²) in [5, 5.41) is 0.601. The molecule has 0 unspecified atom stereocenters. The molecule has 1 aliphatic carbocycles. The van der Waals surface area contributed by atoms with Crippen molar-refractivity contribution in [3.8, 4) is 0 Å². The number of halogens is 3. The van der Waals surface area contributed by atoms with Crippen LogP contribution in [0.1, 0.15) is 30.5 Å². The summed E-state index contributed by atoms with van der Waals surface area (Å²) < 4.78 is 38.0. The normalized spacial score (nSPS) is 18.5. The fourth-order valence-electron chi connectivity index (χ4n) is 2.83. The van der Waals surface area contributed by atoms with Crippen molar-refractivity contribution in [3.63, 3.8) is 0 Å². The van der Waals surface area contributed by atoms with Crippen molar-refractivity contribution in [2.24, 2.45) is 5.73 Å². The van der Waals surface area contributed by atoms with Gasteiger partial charge in [-0.15, -0.1) is 0 Å². The minimum absolute atomic E-state index is 0.0240. The number of hydrogen-bond acceptors (Lipinski definition) is 1. The second-order valence-corrected chi connectivity index (χ2v) is 5.32. The van der Waals surface area contributed by atoms with Crippen LogP contribution in [-0.4, -0.2) is 11.5 Å². The molecule has 1 heterocycles. The van der Waals surface area contributed by atoms with Gasteiger partial charge in [0.25, 0.3) is 0 Å². The summed E-state index contributed by atoms with van der Waals surface area (Å²) in [6.07, 6.45) is -1.16. The maximum Gasteiger partial charge on any atom is 0.431 e. The molecule has 2 aromatic rings. The Balaban J connectivity index is 2.06. The molecule has 3 N–H and O–H groups in total. The lowest BCUT2D eigenvalue weighted by Gasteiger charge is -2.41. The van der Waals surface area contributed by atoms with Crippen LogP contribution in [0.5, 0.6) is 0 Å². The maximum absolute atomic E-state index is 12.7. The van der Waals surface area contributed by atoms with Gasteiger partial charge in [0.2, 0.25) is 0 Å². The van der Waals surface area contributed by atoms with Crippen LogP contribution in [0, 0.1) is 0 Å². The fraction of sp³-hybridized carbons (Fsp3) is 0.429. The van der Waals surface area contributed by atoms with E-state index in [1.807, 2.05) is 12.1 Å². The Kier molecular flexibility index (Phi) is 2.64. The van der Waals surface area contributed by atoms with E-state index in [4.69, 9.17) is 5.73 Å². The van der Waals surface area contributed by atoms with Crippen molar-refractivity contribution >= 4 is 10.9 Å². The van der Waals surface area contributed by atoms with Crippen LogP contribution in [0.25, 0.3) is 10.9 Å². The molecule has 2 nitrogen and oxygen atoms in total. The molecular formula is C14H15F3N2. The van der Waals surface area contributed by atoms with Gasteiger partial charge in [0.1, 0.15) is 5.69 Å². The van der Waals surface area contributed by atoms with Crippen LogP contribution >= 0.6 is 0 Å². The Morgan fingerprint density at radius 1 is 1.21 bits per heavy atom. The number of hydrogen-bond donors (Lipinski definition) is 2. The topological polar surface area (TPSA) is 41.8 Å². The molecule has 0 aliphatic heterocycles. The fourth-order valence-corrected chi connectivity index (χ4v) is 2.83. The molecular weight excluding hydrogens is 253 g/mol. The number of H-pyrrole nitrogens is 1. The average Bonchev–Trinajstić information content (AvgIpc) is 2.71. The van der Waals surface area contributed by atoms with Gasteiger partial charge in [-0.2, -0.15) is 13.2 Å². The van der Waals surface area contributed by atoms with Gasteiger partial charge >= 0.3 is 6.18 Å². The monoisotopic (exact) mass is 268 g/mol. The molecule has 102 valence electrons. The third-order valence-corrected chi connectivity index (χ3v) is 4.24. The van der Waals surface area contributed by atoms with Crippen molar-refractivity contribution in [2.75, 3.05) is 6.54 Å². The molecule has 0 bridgehead atoms. The third kappa shape index (κ3) is 1.92. The molecule has 0 saturated heterocycles. The summed E-state index contributed by atoms with van der Waals surface area (Å²) in [6.45, 7) is 0.551. The van der Waals surface area contributed by atoms with Crippen molar-refractivity contribution in [2.45, 2.75) is 30.9 Å².